The van der Waals surface area contributed by atoms with E-state index in [-0.39, 0.29) is 41.6 Å². The number of halogens is 1. The first-order chi connectivity index (χ1) is 13.3. The van der Waals surface area contributed by atoms with Gasteiger partial charge in [0.2, 0.25) is 5.91 Å². The highest BCUT2D eigenvalue weighted by molar-refractivity contribution is 5.94. The number of carbonyl (C=O) groups excluding carboxylic acids is 2. The number of hydrogen-bond donors (Lipinski definition) is 0. The molecule has 2 aliphatic rings. The zero-order valence-electron chi connectivity index (χ0n) is 16.4. The largest absolute Gasteiger partial charge is 0.338 e. The van der Waals surface area contributed by atoms with Gasteiger partial charge in [-0.15, -0.1) is 0 Å². The molecule has 0 radical (unpaired) electrons. The fraction of sp³-hybridized carbons (Fsp3) is 0.476. The maximum atomic E-state index is 13.8. The third-order valence-electron chi connectivity index (χ3n) is 5.92. The first-order valence-electron chi connectivity index (χ1n) is 9.71. The van der Waals surface area contributed by atoms with Gasteiger partial charge in [-0.2, -0.15) is 5.10 Å². The lowest BCUT2D eigenvalue weighted by Crippen LogP contribution is -2.36. The number of benzene rings is 1. The van der Waals surface area contributed by atoms with E-state index in [4.69, 9.17) is 0 Å². The van der Waals surface area contributed by atoms with E-state index in [0.29, 0.717) is 25.2 Å². The van der Waals surface area contributed by atoms with Gasteiger partial charge in [-0.1, -0.05) is 12.1 Å². The molecule has 2 fully saturated rings. The van der Waals surface area contributed by atoms with Gasteiger partial charge in [0.05, 0.1) is 17.8 Å². The lowest BCUT2D eigenvalue weighted by Gasteiger charge is -2.29. The summed E-state index contributed by atoms with van der Waals surface area (Å²) in [7, 11) is 0. The lowest BCUT2D eigenvalue weighted by atomic mass is 9.89. The quantitative estimate of drug-likeness (QED) is 0.818. The van der Waals surface area contributed by atoms with E-state index >= 15 is 0 Å². The van der Waals surface area contributed by atoms with Crippen molar-refractivity contribution in [1.29, 1.82) is 0 Å². The molecular weight excluding hydrogens is 359 g/mol. The fourth-order valence-corrected chi connectivity index (χ4v) is 4.57. The number of carbonyl (C=O) groups is 2. The summed E-state index contributed by atoms with van der Waals surface area (Å²) in [6.07, 6.45) is 3.40. The molecule has 7 heteroatoms. The Morgan fingerprint density at radius 1 is 1.21 bits per heavy atom. The molecule has 0 bridgehead atoms. The van der Waals surface area contributed by atoms with Gasteiger partial charge in [0.1, 0.15) is 5.82 Å². The van der Waals surface area contributed by atoms with E-state index in [9.17, 15) is 14.0 Å². The first kappa shape index (κ1) is 18.7. The zero-order valence-corrected chi connectivity index (χ0v) is 16.4. The molecule has 0 N–H and O–H groups in total. The molecule has 148 valence electrons. The molecule has 28 heavy (non-hydrogen) atoms. The normalized spacial score (nSPS) is 24.1. The monoisotopic (exact) mass is 384 g/mol. The van der Waals surface area contributed by atoms with Gasteiger partial charge in [-0.25, -0.2) is 4.39 Å². The average Bonchev–Trinajstić information content (AvgIpc) is 3.34. The van der Waals surface area contributed by atoms with E-state index in [0.717, 1.165) is 5.56 Å². The van der Waals surface area contributed by atoms with Crippen LogP contribution in [-0.2, 0) is 4.79 Å². The number of likely N-dealkylation sites (tertiary alicyclic amines) is 2. The molecule has 0 spiro atoms. The van der Waals surface area contributed by atoms with Gasteiger partial charge >= 0.3 is 0 Å². The van der Waals surface area contributed by atoms with E-state index < -0.39 is 0 Å². The van der Waals surface area contributed by atoms with Crippen molar-refractivity contribution in [3.8, 4) is 0 Å². The molecule has 2 amide bonds. The summed E-state index contributed by atoms with van der Waals surface area (Å²) in [6.45, 7) is 7.34. The summed E-state index contributed by atoms with van der Waals surface area (Å²) in [5.41, 5.74) is 1.38. The molecule has 0 unspecified atom stereocenters. The smallest absolute Gasteiger partial charge is 0.257 e. The minimum atomic E-state index is -0.309. The molecule has 0 saturated carbocycles. The van der Waals surface area contributed by atoms with Crippen molar-refractivity contribution in [2.75, 3.05) is 19.6 Å². The Hall–Kier alpha value is -2.70. The van der Waals surface area contributed by atoms with E-state index in [1.165, 1.54) is 12.1 Å². The third-order valence-corrected chi connectivity index (χ3v) is 5.92. The second kappa shape index (κ2) is 7.04. The summed E-state index contributed by atoms with van der Waals surface area (Å²) < 4.78 is 15.6. The number of aromatic nitrogens is 2. The molecule has 3 heterocycles. The predicted octanol–water partition coefficient (Wildman–Crippen LogP) is 2.89. The van der Waals surface area contributed by atoms with Crippen LogP contribution in [0.1, 0.15) is 48.8 Å². The standard InChI is InChI=1S/C21H25FN4O2/c1-13(2)26-11-16(8-23-26)21(28)24-9-17-10-25(14(3)27)20(19(17)12-24)15-5-4-6-18(22)7-15/h4-8,11,13,17,19-20H,9-10,12H2,1-3H3/t17-,19-,20+/m1/s1. The number of rotatable bonds is 3. The summed E-state index contributed by atoms with van der Waals surface area (Å²) in [6, 6.07) is 6.44. The van der Waals surface area contributed by atoms with Crippen LogP contribution >= 0.6 is 0 Å². The summed E-state index contributed by atoms with van der Waals surface area (Å²) in [5.74, 6) is -0.0547. The third kappa shape index (κ3) is 3.19. The Labute approximate surface area is 163 Å². The highest BCUT2D eigenvalue weighted by Gasteiger charge is 2.49. The molecule has 1 aromatic carbocycles. The second-order valence-corrected chi connectivity index (χ2v) is 8.11. The van der Waals surface area contributed by atoms with Gasteiger partial charge < -0.3 is 9.80 Å². The van der Waals surface area contributed by atoms with Gasteiger partial charge in [-0.05, 0) is 31.5 Å². The SMILES string of the molecule is CC(=O)N1C[C@H]2CN(C(=O)c3cnn(C(C)C)c3)C[C@H]2[C@@H]1c1cccc(F)c1. The summed E-state index contributed by atoms with van der Waals surface area (Å²) >= 11 is 0. The molecule has 3 atom stereocenters. The molecule has 2 aliphatic heterocycles. The number of amides is 2. The van der Waals surface area contributed by atoms with Crippen LogP contribution in [-0.4, -0.2) is 51.0 Å². The lowest BCUT2D eigenvalue weighted by molar-refractivity contribution is -0.130. The predicted molar refractivity (Wildman–Crippen MR) is 102 cm³/mol. The molecule has 6 nitrogen and oxygen atoms in total. The van der Waals surface area contributed by atoms with Crippen molar-refractivity contribution in [3.63, 3.8) is 0 Å². The average molecular weight is 384 g/mol. The Morgan fingerprint density at radius 3 is 2.64 bits per heavy atom. The highest BCUT2D eigenvalue weighted by atomic mass is 19.1. The van der Waals surface area contributed by atoms with Crippen LogP contribution in [0.2, 0.25) is 0 Å². The maximum Gasteiger partial charge on any atom is 0.257 e. The zero-order chi connectivity index (χ0) is 20.0. The fourth-order valence-electron chi connectivity index (χ4n) is 4.57. The molecule has 1 aromatic heterocycles. The van der Waals surface area contributed by atoms with Crippen LogP contribution in [0.4, 0.5) is 4.39 Å². The summed E-state index contributed by atoms with van der Waals surface area (Å²) in [5, 5.41) is 4.26. The topological polar surface area (TPSA) is 58.4 Å². The molecular formula is C21H25FN4O2. The minimum absolute atomic E-state index is 0.0141. The second-order valence-electron chi connectivity index (χ2n) is 8.11. The van der Waals surface area contributed by atoms with Crippen LogP contribution in [0.5, 0.6) is 0 Å². The number of nitrogens with zero attached hydrogens (tertiary/aromatic N) is 4. The number of hydrogen-bond acceptors (Lipinski definition) is 3. The van der Waals surface area contributed by atoms with Gasteiger partial charge in [0.25, 0.3) is 5.91 Å². The Bertz CT molecular complexity index is 909. The van der Waals surface area contributed by atoms with Crippen molar-refractivity contribution >= 4 is 11.8 Å². The van der Waals surface area contributed by atoms with Crippen LogP contribution in [0.15, 0.2) is 36.7 Å². The van der Waals surface area contributed by atoms with E-state index in [1.54, 1.807) is 30.1 Å². The molecule has 0 aliphatic carbocycles. The van der Waals surface area contributed by atoms with Gasteiger partial charge in [0.15, 0.2) is 0 Å². The van der Waals surface area contributed by atoms with Crippen molar-refractivity contribution in [1.82, 2.24) is 19.6 Å². The van der Waals surface area contributed by atoms with Crippen molar-refractivity contribution in [2.45, 2.75) is 32.9 Å². The van der Waals surface area contributed by atoms with Crippen molar-refractivity contribution < 1.29 is 14.0 Å². The Balaban J connectivity index is 1.57. The van der Waals surface area contributed by atoms with Crippen LogP contribution in [0.25, 0.3) is 0 Å². The Kier molecular flexibility index (Phi) is 4.69. The minimum Gasteiger partial charge on any atom is -0.338 e. The van der Waals surface area contributed by atoms with Crippen molar-refractivity contribution in [2.24, 2.45) is 11.8 Å². The van der Waals surface area contributed by atoms with Crippen LogP contribution < -0.4 is 0 Å². The van der Waals surface area contributed by atoms with E-state index in [2.05, 4.69) is 5.10 Å². The first-order valence-corrected chi connectivity index (χ1v) is 9.71. The number of fused-ring (bicyclic) bond motifs is 1. The van der Waals surface area contributed by atoms with Gasteiger partial charge in [0, 0.05) is 50.6 Å². The molecule has 2 saturated heterocycles. The molecule has 4 rings (SSSR count). The van der Waals surface area contributed by atoms with Crippen LogP contribution in [0.3, 0.4) is 0 Å². The highest BCUT2D eigenvalue weighted by Crippen LogP contribution is 2.45. The van der Waals surface area contributed by atoms with Crippen LogP contribution in [0, 0.1) is 17.7 Å². The molecule has 2 aromatic rings. The van der Waals surface area contributed by atoms with Crippen molar-refractivity contribution in [3.05, 3.63) is 53.6 Å². The van der Waals surface area contributed by atoms with Gasteiger partial charge in [-0.3, -0.25) is 14.3 Å². The maximum absolute atomic E-state index is 13.8. The summed E-state index contributed by atoms with van der Waals surface area (Å²) in [4.78, 5) is 28.8. The van der Waals surface area contributed by atoms with E-state index in [1.807, 2.05) is 29.7 Å². The Morgan fingerprint density at radius 2 is 2.00 bits per heavy atom.